The lowest BCUT2D eigenvalue weighted by Crippen LogP contribution is -2.19. The first kappa shape index (κ1) is 14.4. The average Bonchev–Trinajstić information content (AvgIpc) is 3.15. The summed E-state index contributed by atoms with van der Waals surface area (Å²) in [6, 6.07) is 14.3. The van der Waals surface area contributed by atoms with Gasteiger partial charge in [0.1, 0.15) is 5.69 Å². The van der Waals surface area contributed by atoms with Crippen molar-refractivity contribution >= 4 is 27.3 Å². The Hall–Kier alpha value is -1.50. The summed E-state index contributed by atoms with van der Waals surface area (Å²) >= 11 is 5.25. The van der Waals surface area contributed by atoms with Crippen LogP contribution in [0.5, 0.6) is 0 Å². The molecule has 0 spiro atoms. The SMILES string of the molecule is CNC(Cc1ccc(Br)s1)c1cnn(-c2ccccc2)n1. The predicted octanol–water partition coefficient (Wildman–Crippen LogP) is 3.59. The van der Waals surface area contributed by atoms with Crippen LogP contribution < -0.4 is 5.32 Å². The van der Waals surface area contributed by atoms with Gasteiger partial charge in [0.25, 0.3) is 0 Å². The molecule has 0 saturated heterocycles. The van der Waals surface area contributed by atoms with Crippen molar-refractivity contribution in [1.82, 2.24) is 20.3 Å². The molecule has 0 aliphatic rings. The van der Waals surface area contributed by atoms with Crippen molar-refractivity contribution in [2.75, 3.05) is 7.05 Å². The van der Waals surface area contributed by atoms with E-state index in [-0.39, 0.29) is 6.04 Å². The summed E-state index contributed by atoms with van der Waals surface area (Å²) in [6.45, 7) is 0. The third-order valence-electron chi connectivity index (χ3n) is 3.24. The summed E-state index contributed by atoms with van der Waals surface area (Å²) in [6.07, 6.45) is 2.73. The molecule has 3 rings (SSSR count). The molecule has 0 aliphatic carbocycles. The zero-order valence-electron chi connectivity index (χ0n) is 11.5. The normalized spacial score (nSPS) is 12.5. The Bertz CT molecular complexity index is 707. The van der Waals surface area contributed by atoms with E-state index in [1.54, 1.807) is 16.1 Å². The fourth-order valence-electron chi connectivity index (χ4n) is 2.14. The maximum absolute atomic E-state index is 4.59. The maximum Gasteiger partial charge on any atom is 0.100 e. The van der Waals surface area contributed by atoms with E-state index in [0.717, 1.165) is 21.6 Å². The Labute approximate surface area is 135 Å². The number of likely N-dealkylation sites (N-methyl/N-ethyl adjacent to an activating group) is 1. The smallest absolute Gasteiger partial charge is 0.100 e. The number of para-hydroxylation sites is 1. The molecule has 6 heteroatoms. The Balaban J connectivity index is 1.80. The number of rotatable bonds is 5. The number of aromatic nitrogens is 3. The first-order valence-corrected chi connectivity index (χ1v) is 8.26. The van der Waals surface area contributed by atoms with Crippen molar-refractivity contribution in [3.8, 4) is 5.69 Å². The van der Waals surface area contributed by atoms with Gasteiger partial charge in [0.2, 0.25) is 0 Å². The summed E-state index contributed by atoms with van der Waals surface area (Å²) in [5, 5.41) is 12.3. The highest BCUT2D eigenvalue weighted by molar-refractivity contribution is 9.11. The Kier molecular flexibility index (Phi) is 4.48. The van der Waals surface area contributed by atoms with Gasteiger partial charge in [-0.3, -0.25) is 0 Å². The average molecular weight is 363 g/mol. The van der Waals surface area contributed by atoms with Gasteiger partial charge >= 0.3 is 0 Å². The van der Waals surface area contributed by atoms with Crippen LogP contribution >= 0.6 is 27.3 Å². The number of nitrogens with zero attached hydrogens (tertiary/aromatic N) is 3. The fourth-order valence-corrected chi connectivity index (χ4v) is 3.67. The number of nitrogens with one attached hydrogen (secondary N) is 1. The van der Waals surface area contributed by atoms with E-state index in [0.29, 0.717) is 0 Å². The molecule has 0 amide bonds. The lowest BCUT2D eigenvalue weighted by Gasteiger charge is -2.11. The van der Waals surface area contributed by atoms with E-state index in [1.807, 2.05) is 43.6 Å². The summed E-state index contributed by atoms with van der Waals surface area (Å²) in [5.41, 5.74) is 1.92. The standard InChI is InChI=1S/C15H15BrN4S/c1-17-13(9-12-7-8-15(16)21-12)14-10-18-20(19-14)11-5-3-2-4-6-11/h2-8,10,13,17H,9H2,1H3. The Morgan fingerprint density at radius 3 is 2.71 bits per heavy atom. The summed E-state index contributed by atoms with van der Waals surface area (Å²) in [7, 11) is 1.95. The zero-order valence-corrected chi connectivity index (χ0v) is 13.9. The summed E-state index contributed by atoms with van der Waals surface area (Å²) in [5.74, 6) is 0. The van der Waals surface area contributed by atoms with Crippen LogP contribution in [-0.4, -0.2) is 22.0 Å². The molecule has 21 heavy (non-hydrogen) atoms. The van der Waals surface area contributed by atoms with Crippen LogP contribution in [0.4, 0.5) is 0 Å². The van der Waals surface area contributed by atoms with Gasteiger partial charge in [0.05, 0.1) is 21.7 Å². The minimum absolute atomic E-state index is 0.160. The number of hydrogen-bond donors (Lipinski definition) is 1. The first-order valence-electron chi connectivity index (χ1n) is 6.65. The molecule has 0 saturated carbocycles. The molecule has 2 aromatic heterocycles. The molecule has 108 valence electrons. The molecular weight excluding hydrogens is 348 g/mol. The second-order valence-electron chi connectivity index (χ2n) is 4.65. The van der Waals surface area contributed by atoms with Crippen molar-refractivity contribution in [3.05, 3.63) is 63.0 Å². The van der Waals surface area contributed by atoms with Crippen molar-refractivity contribution in [2.24, 2.45) is 0 Å². The topological polar surface area (TPSA) is 42.7 Å². The third kappa shape index (κ3) is 3.40. The van der Waals surface area contributed by atoms with Crippen molar-refractivity contribution in [3.63, 3.8) is 0 Å². The monoisotopic (exact) mass is 362 g/mol. The molecule has 1 unspecified atom stereocenters. The zero-order chi connectivity index (χ0) is 14.7. The van der Waals surface area contributed by atoms with Crippen molar-refractivity contribution < 1.29 is 0 Å². The quantitative estimate of drug-likeness (QED) is 0.753. The number of hydrogen-bond acceptors (Lipinski definition) is 4. The molecule has 4 nitrogen and oxygen atoms in total. The van der Waals surface area contributed by atoms with Gasteiger partial charge in [-0.1, -0.05) is 18.2 Å². The summed E-state index contributed by atoms with van der Waals surface area (Å²) < 4.78 is 1.15. The van der Waals surface area contributed by atoms with Crippen LogP contribution in [-0.2, 0) is 6.42 Å². The Morgan fingerprint density at radius 2 is 2.05 bits per heavy atom. The highest BCUT2D eigenvalue weighted by Gasteiger charge is 2.15. The van der Waals surface area contributed by atoms with Gasteiger partial charge < -0.3 is 5.32 Å². The van der Waals surface area contributed by atoms with Crippen molar-refractivity contribution in [2.45, 2.75) is 12.5 Å². The largest absolute Gasteiger partial charge is 0.311 e. The van der Waals surface area contributed by atoms with Crippen LogP contribution in [0, 0.1) is 0 Å². The summed E-state index contributed by atoms with van der Waals surface area (Å²) in [4.78, 5) is 2.99. The van der Waals surface area contributed by atoms with Crippen LogP contribution in [0.15, 0.2) is 52.4 Å². The number of benzene rings is 1. The predicted molar refractivity (Wildman–Crippen MR) is 88.9 cm³/mol. The number of halogens is 1. The van der Waals surface area contributed by atoms with Gasteiger partial charge in [-0.05, 0) is 47.2 Å². The molecule has 0 aliphatic heterocycles. The van der Waals surface area contributed by atoms with Gasteiger partial charge in [-0.15, -0.1) is 11.3 Å². The molecule has 1 atom stereocenters. The first-order chi connectivity index (χ1) is 10.3. The highest BCUT2D eigenvalue weighted by atomic mass is 79.9. The molecule has 2 heterocycles. The lowest BCUT2D eigenvalue weighted by molar-refractivity contribution is 0.571. The van der Waals surface area contributed by atoms with Crippen LogP contribution in [0.1, 0.15) is 16.6 Å². The Morgan fingerprint density at radius 1 is 1.24 bits per heavy atom. The van der Waals surface area contributed by atoms with E-state index in [9.17, 15) is 0 Å². The maximum atomic E-state index is 4.59. The molecule has 0 fully saturated rings. The molecule has 0 bridgehead atoms. The molecule has 3 aromatic rings. The van der Waals surface area contributed by atoms with E-state index in [1.165, 1.54) is 4.88 Å². The minimum Gasteiger partial charge on any atom is -0.311 e. The van der Waals surface area contributed by atoms with E-state index < -0.39 is 0 Å². The van der Waals surface area contributed by atoms with Gasteiger partial charge in [-0.25, -0.2) is 0 Å². The van der Waals surface area contributed by atoms with Gasteiger partial charge in [-0.2, -0.15) is 15.0 Å². The third-order valence-corrected chi connectivity index (χ3v) is 4.88. The van der Waals surface area contributed by atoms with E-state index in [4.69, 9.17) is 0 Å². The van der Waals surface area contributed by atoms with Crippen molar-refractivity contribution in [1.29, 1.82) is 0 Å². The van der Waals surface area contributed by atoms with E-state index in [2.05, 4.69) is 43.6 Å². The molecule has 0 radical (unpaired) electrons. The second-order valence-corrected chi connectivity index (χ2v) is 7.19. The van der Waals surface area contributed by atoms with Crippen LogP contribution in [0.25, 0.3) is 5.69 Å². The molecule has 1 aromatic carbocycles. The molecular formula is C15H15BrN4S. The van der Waals surface area contributed by atoms with Crippen LogP contribution in [0.2, 0.25) is 0 Å². The highest BCUT2D eigenvalue weighted by Crippen LogP contribution is 2.26. The minimum atomic E-state index is 0.160. The van der Waals surface area contributed by atoms with Gasteiger partial charge in [0.15, 0.2) is 0 Å². The fraction of sp³-hybridized carbons (Fsp3) is 0.200. The van der Waals surface area contributed by atoms with Gasteiger partial charge in [0, 0.05) is 11.3 Å². The van der Waals surface area contributed by atoms with Crippen LogP contribution in [0.3, 0.4) is 0 Å². The second kappa shape index (κ2) is 6.51. The molecule has 1 N–H and O–H groups in total. The number of thiophene rings is 1. The van der Waals surface area contributed by atoms with E-state index >= 15 is 0 Å². The lowest BCUT2D eigenvalue weighted by atomic mass is 10.1.